The van der Waals surface area contributed by atoms with Crippen LogP contribution in [0.5, 0.6) is 0 Å². The Bertz CT molecular complexity index is 357. The first kappa shape index (κ1) is 17.2. The van der Waals surface area contributed by atoms with E-state index in [1.54, 1.807) is 0 Å². The molecule has 0 saturated heterocycles. The van der Waals surface area contributed by atoms with E-state index in [0.717, 1.165) is 6.54 Å². The molecule has 0 unspecified atom stereocenters. The number of halogens is 6. The summed E-state index contributed by atoms with van der Waals surface area (Å²) in [4.78, 5) is 0. The SMILES string of the molecule is CCCCCn1cc[n+](C)c1.F[P-](F)(F)(F)(F)F. The Hall–Kier alpha value is -0.780. The molecule has 2 nitrogen and oxygen atoms in total. The molecule has 0 aliphatic heterocycles. The van der Waals surface area contributed by atoms with Crippen LogP contribution in [0.2, 0.25) is 0 Å². The third kappa shape index (κ3) is 17.6. The summed E-state index contributed by atoms with van der Waals surface area (Å²) in [5, 5.41) is 0. The number of unbranched alkanes of at least 4 members (excludes halogenated alkanes) is 2. The molecule has 9 heteroatoms. The van der Waals surface area contributed by atoms with Crippen molar-refractivity contribution in [1.29, 1.82) is 0 Å². The van der Waals surface area contributed by atoms with Crippen LogP contribution in [0, 0.1) is 0 Å². The van der Waals surface area contributed by atoms with Crippen molar-refractivity contribution < 1.29 is 29.7 Å². The van der Waals surface area contributed by atoms with Crippen LogP contribution >= 0.6 is 7.81 Å². The average Bonchev–Trinajstić information content (AvgIpc) is 2.46. The van der Waals surface area contributed by atoms with E-state index < -0.39 is 7.81 Å². The quantitative estimate of drug-likeness (QED) is 0.324. The van der Waals surface area contributed by atoms with Gasteiger partial charge in [0.25, 0.3) is 0 Å². The summed E-state index contributed by atoms with van der Waals surface area (Å²) < 4.78 is 63.5. The third-order valence-corrected chi connectivity index (χ3v) is 1.84. The molecular weight excluding hydrogens is 281 g/mol. The van der Waals surface area contributed by atoms with Gasteiger partial charge in [-0.3, -0.25) is 0 Å². The van der Waals surface area contributed by atoms with Gasteiger partial charge in [-0.2, -0.15) is 0 Å². The van der Waals surface area contributed by atoms with E-state index in [1.807, 2.05) is 0 Å². The fourth-order valence-electron chi connectivity index (χ4n) is 1.18. The molecule has 18 heavy (non-hydrogen) atoms. The number of rotatable bonds is 4. The number of imidazole rings is 1. The Labute approximate surface area is 101 Å². The summed E-state index contributed by atoms with van der Waals surface area (Å²) in [5.41, 5.74) is 0. The molecule has 0 atom stereocenters. The first-order valence-corrected chi connectivity index (χ1v) is 7.38. The molecule has 0 spiro atoms. The molecule has 1 rings (SSSR count). The predicted octanol–water partition coefficient (Wildman–Crippen LogP) is 4.89. The summed E-state index contributed by atoms with van der Waals surface area (Å²) in [5.74, 6) is 0. The average molecular weight is 298 g/mol. The minimum absolute atomic E-state index is 1.16. The van der Waals surface area contributed by atoms with E-state index in [1.165, 1.54) is 19.3 Å². The maximum atomic E-state index is 9.87. The van der Waals surface area contributed by atoms with Crippen molar-refractivity contribution in [3.63, 3.8) is 0 Å². The molecule has 0 radical (unpaired) electrons. The van der Waals surface area contributed by atoms with Gasteiger partial charge in [-0.15, -0.1) is 0 Å². The van der Waals surface area contributed by atoms with Crippen molar-refractivity contribution in [1.82, 2.24) is 4.57 Å². The van der Waals surface area contributed by atoms with Gasteiger partial charge < -0.3 is 0 Å². The van der Waals surface area contributed by atoms with Crippen LogP contribution < -0.4 is 4.57 Å². The summed E-state index contributed by atoms with van der Waals surface area (Å²) >= 11 is 0. The zero-order valence-electron chi connectivity index (χ0n) is 10.2. The summed E-state index contributed by atoms with van der Waals surface area (Å²) in [6.45, 7) is 3.39. The van der Waals surface area contributed by atoms with Gasteiger partial charge in [-0.05, 0) is 12.8 Å². The van der Waals surface area contributed by atoms with E-state index in [9.17, 15) is 25.2 Å². The summed E-state index contributed by atoms with van der Waals surface area (Å²) in [6, 6.07) is 0. The van der Waals surface area contributed by atoms with Crippen LogP contribution in [0.25, 0.3) is 0 Å². The fourth-order valence-corrected chi connectivity index (χ4v) is 1.18. The first-order valence-electron chi connectivity index (χ1n) is 5.35. The number of hydrogen-bond acceptors (Lipinski definition) is 0. The number of aromatic nitrogens is 2. The molecular formula is C9H17F6N2P. The number of hydrogen-bond donors (Lipinski definition) is 0. The van der Waals surface area contributed by atoms with Crippen molar-refractivity contribution in [2.45, 2.75) is 32.7 Å². The Balaban J connectivity index is 0.000000360. The Morgan fingerprint density at radius 2 is 1.56 bits per heavy atom. The Kier molecular flexibility index (Phi) is 4.85. The maximum absolute atomic E-state index is 10.7. The Morgan fingerprint density at radius 1 is 1.06 bits per heavy atom. The zero-order valence-corrected chi connectivity index (χ0v) is 11.1. The van der Waals surface area contributed by atoms with Gasteiger partial charge in [-0.25, -0.2) is 9.13 Å². The molecule has 0 aromatic carbocycles. The van der Waals surface area contributed by atoms with Gasteiger partial charge >= 0.3 is 33.0 Å². The molecule has 110 valence electrons. The normalized spacial score (nSPS) is 15.3. The molecule has 0 aliphatic carbocycles. The first-order chi connectivity index (χ1) is 7.78. The van der Waals surface area contributed by atoms with Crippen molar-refractivity contribution >= 4 is 7.81 Å². The molecule has 0 aliphatic rings. The van der Waals surface area contributed by atoms with Crippen LogP contribution in [0.15, 0.2) is 18.7 Å². The topological polar surface area (TPSA) is 8.81 Å². The molecule has 0 fully saturated rings. The fraction of sp³-hybridized carbons (Fsp3) is 0.667. The number of nitrogens with zero attached hydrogens (tertiary/aromatic N) is 2. The molecule has 1 aromatic rings. The predicted molar refractivity (Wildman–Crippen MR) is 58.7 cm³/mol. The van der Waals surface area contributed by atoms with Crippen LogP contribution in [-0.2, 0) is 13.6 Å². The van der Waals surface area contributed by atoms with Crippen molar-refractivity contribution in [2.24, 2.45) is 7.05 Å². The van der Waals surface area contributed by atoms with E-state index in [0.29, 0.717) is 0 Å². The van der Waals surface area contributed by atoms with Gasteiger partial charge in [0.05, 0.1) is 13.6 Å². The van der Waals surface area contributed by atoms with Crippen LogP contribution in [-0.4, -0.2) is 4.57 Å². The van der Waals surface area contributed by atoms with E-state index in [-0.39, 0.29) is 0 Å². The van der Waals surface area contributed by atoms with Gasteiger partial charge in [0.2, 0.25) is 6.33 Å². The summed E-state index contributed by atoms with van der Waals surface area (Å²) in [7, 11) is -8.61. The van der Waals surface area contributed by atoms with Crippen LogP contribution in [0.4, 0.5) is 25.2 Å². The van der Waals surface area contributed by atoms with E-state index in [2.05, 4.69) is 41.8 Å². The van der Waals surface area contributed by atoms with Crippen molar-refractivity contribution in [2.75, 3.05) is 0 Å². The van der Waals surface area contributed by atoms with Crippen molar-refractivity contribution in [3.8, 4) is 0 Å². The van der Waals surface area contributed by atoms with Crippen LogP contribution in [0.3, 0.4) is 0 Å². The monoisotopic (exact) mass is 298 g/mol. The molecule has 0 bridgehead atoms. The molecule has 1 aromatic heterocycles. The van der Waals surface area contributed by atoms with Gasteiger partial charge in [0.15, 0.2) is 0 Å². The van der Waals surface area contributed by atoms with Gasteiger partial charge in [-0.1, -0.05) is 13.3 Å². The standard InChI is InChI=1S/C9H17N2.F6P/c1-3-4-5-6-11-8-7-10(2)9-11;1-7(2,3,4,5)6/h7-9H,3-6H2,1-2H3;/q+1;-1. The minimum atomic E-state index is -10.7. The third-order valence-electron chi connectivity index (χ3n) is 1.84. The molecule has 1 heterocycles. The van der Waals surface area contributed by atoms with Gasteiger partial charge in [0.1, 0.15) is 12.4 Å². The molecule has 0 N–H and O–H groups in total. The zero-order chi connectivity index (χ0) is 14.5. The number of aryl methyl sites for hydroxylation is 2. The second kappa shape index (κ2) is 5.07. The van der Waals surface area contributed by atoms with Crippen molar-refractivity contribution in [3.05, 3.63) is 18.7 Å². The van der Waals surface area contributed by atoms with E-state index >= 15 is 0 Å². The Morgan fingerprint density at radius 3 is 1.89 bits per heavy atom. The second-order valence-electron chi connectivity index (χ2n) is 3.98. The van der Waals surface area contributed by atoms with Crippen LogP contribution in [0.1, 0.15) is 26.2 Å². The molecule has 0 amide bonds. The summed E-state index contributed by atoms with van der Waals surface area (Å²) in [6.07, 6.45) is 10.2. The second-order valence-corrected chi connectivity index (χ2v) is 5.90. The van der Waals surface area contributed by atoms with E-state index in [4.69, 9.17) is 0 Å². The van der Waals surface area contributed by atoms with Gasteiger partial charge in [0, 0.05) is 0 Å². The molecule has 0 saturated carbocycles.